The predicted octanol–water partition coefficient (Wildman–Crippen LogP) is 2.77. The molecule has 0 aliphatic heterocycles. The lowest BCUT2D eigenvalue weighted by Crippen LogP contribution is -2.19. The molecule has 0 bridgehead atoms. The van der Waals surface area contributed by atoms with Crippen LogP contribution in [-0.2, 0) is 16.1 Å². The number of hydrogen-bond acceptors (Lipinski definition) is 4. The van der Waals surface area contributed by atoms with Crippen molar-refractivity contribution in [3.05, 3.63) is 59.9 Å². The Morgan fingerprint density at radius 3 is 2.79 bits per heavy atom. The van der Waals surface area contributed by atoms with Crippen LogP contribution in [0, 0.1) is 6.92 Å². The molecule has 0 saturated carbocycles. The number of hydrogen-bond donors (Lipinski definition) is 1. The van der Waals surface area contributed by atoms with Crippen molar-refractivity contribution < 1.29 is 14.3 Å². The molecular weight excluding hydrogens is 306 g/mol. The summed E-state index contributed by atoms with van der Waals surface area (Å²) in [5, 5.41) is 3.52. The van der Waals surface area contributed by atoms with Gasteiger partial charge in [-0.25, -0.2) is 9.78 Å². The van der Waals surface area contributed by atoms with E-state index in [9.17, 15) is 9.59 Å². The van der Waals surface area contributed by atoms with Crippen LogP contribution in [0.15, 0.2) is 48.8 Å². The molecule has 0 radical (unpaired) electrons. The summed E-state index contributed by atoms with van der Waals surface area (Å²) >= 11 is 0. The maximum Gasteiger partial charge on any atom is 0.340 e. The van der Waals surface area contributed by atoms with Gasteiger partial charge in [-0.1, -0.05) is 18.2 Å². The van der Waals surface area contributed by atoms with Crippen molar-refractivity contribution in [2.45, 2.75) is 13.5 Å². The number of pyridine rings is 1. The molecule has 24 heavy (non-hydrogen) atoms. The highest BCUT2D eigenvalue weighted by Gasteiger charge is 2.16. The number of nitrogens with one attached hydrogen (secondary N) is 1. The van der Waals surface area contributed by atoms with Gasteiger partial charge in [-0.3, -0.25) is 4.79 Å². The van der Waals surface area contributed by atoms with E-state index >= 15 is 0 Å². The second-order valence-electron chi connectivity index (χ2n) is 5.45. The normalized spacial score (nSPS) is 10.6. The number of aryl methyl sites for hydroxylation is 1. The number of para-hydroxylation sites is 1. The Hall–Kier alpha value is -3.15. The number of anilines is 1. The van der Waals surface area contributed by atoms with Crippen molar-refractivity contribution in [2.75, 3.05) is 12.4 Å². The summed E-state index contributed by atoms with van der Waals surface area (Å²) in [5.41, 5.74) is 2.25. The number of nitrogens with zero attached hydrogens (tertiary/aromatic N) is 2. The monoisotopic (exact) mass is 323 g/mol. The number of benzene rings is 1. The molecule has 0 unspecified atom stereocenters. The standard InChI is InChI=1S/C18H17N3O3/c1-12-7-8-19-16(9-12)20-17(22)11-21-10-14(18(23)24-2)13-5-3-4-6-15(13)21/h3-10H,11H2,1-2H3,(H,19,20,22). The Labute approximate surface area is 139 Å². The van der Waals surface area contributed by atoms with Crippen molar-refractivity contribution in [2.24, 2.45) is 0 Å². The highest BCUT2D eigenvalue weighted by molar-refractivity contribution is 6.04. The van der Waals surface area contributed by atoms with E-state index in [0.29, 0.717) is 11.4 Å². The molecule has 3 rings (SSSR count). The van der Waals surface area contributed by atoms with Gasteiger partial charge in [0.1, 0.15) is 12.4 Å². The fourth-order valence-electron chi connectivity index (χ4n) is 2.59. The summed E-state index contributed by atoms with van der Waals surface area (Å²) in [7, 11) is 1.34. The van der Waals surface area contributed by atoms with Gasteiger partial charge >= 0.3 is 5.97 Å². The third-order valence-electron chi connectivity index (χ3n) is 3.69. The van der Waals surface area contributed by atoms with Gasteiger partial charge in [0.05, 0.1) is 12.7 Å². The highest BCUT2D eigenvalue weighted by atomic mass is 16.5. The maximum absolute atomic E-state index is 12.3. The highest BCUT2D eigenvalue weighted by Crippen LogP contribution is 2.22. The first kappa shape index (κ1) is 15.7. The van der Waals surface area contributed by atoms with Gasteiger partial charge in [-0.2, -0.15) is 0 Å². The van der Waals surface area contributed by atoms with Gasteiger partial charge in [0.2, 0.25) is 5.91 Å². The van der Waals surface area contributed by atoms with Crippen LogP contribution < -0.4 is 5.32 Å². The molecule has 1 amide bonds. The van der Waals surface area contributed by atoms with Crippen LogP contribution in [-0.4, -0.2) is 28.5 Å². The minimum atomic E-state index is -0.425. The minimum absolute atomic E-state index is 0.0765. The number of amides is 1. The maximum atomic E-state index is 12.3. The fraction of sp³-hybridized carbons (Fsp3) is 0.167. The largest absolute Gasteiger partial charge is 0.465 e. The summed E-state index contributed by atoms with van der Waals surface area (Å²) in [6.07, 6.45) is 3.28. The molecule has 0 spiro atoms. The molecule has 0 atom stereocenters. The van der Waals surface area contributed by atoms with Gasteiger partial charge in [0.15, 0.2) is 0 Å². The zero-order chi connectivity index (χ0) is 17.1. The number of aromatic nitrogens is 2. The summed E-state index contributed by atoms with van der Waals surface area (Å²) in [4.78, 5) is 28.3. The number of ether oxygens (including phenoxy) is 1. The Kier molecular flexibility index (Phi) is 4.29. The zero-order valence-corrected chi connectivity index (χ0v) is 13.4. The van der Waals surface area contributed by atoms with E-state index in [1.807, 2.05) is 37.3 Å². The first-order valence-electron chi connectivity index (χ1n) is 7.47. The Balaban J connectivity index is 1.87. The van der Waals surface area contributed by atoms with Crippen molar-refractivity contribution in [1.29, 1.82) is 0 Å². The lowest BCUT2D eigenvalue weighted by molar-refractivity contribution is -0.116. The smallest absolute Gasteiger partial charge is 0.340 e. The van der Waals surface area contributed by atoms with Gasteiger partial charge in [-0.15, -0.1) is 0 Å². The number of carbonyl (C=O) groups excluding carboxylic acids is 2. The molecule has 3 aromatic rings. The molecule has 0 saturated heterocycles. The van der Waals surface area contributed by atoms with E-state index in [1.54, 1.807) is 23.0 Å². The Morgan fingerprint density at radius 2 is 2.04 bits per heavy atom. The molecular formula is C18H17N3O3. The average Bonchev–Trinajstić information content (AvgIpc) is 2.93. The van der Waals surface area contributed by atoms with Crippen molar-refractivity contribution in [3.8, 4) is 0 Å². The SMILES string of the molecule is COC(=O)c1cn(CC(=O)Nc2cc(C)ccn2)c2ccccc12. The number of fused-ring (bicyclic) bond motifs is 1. The van der Waals surface area contributed by atoms with Crippen LogP contribution in [0.3, 0.4) is 0 Å². The number of carbonyl (C=O) groups is 2. The molecule has 2 aromatic heterocycles. The van der Waals surface area contributed by atoms with Gasteiger partial charge in [0.25, 0.3) is 0 Å². The van der Waals surface area contributed by atoms with Crippen LogP contribution in [0.25, 0.3) is 10.9 Å². The number of rotatable bonds is 4. The third-order valence-corrected chi connectivity index (χ3v) is 3.69. The Bertz CT molecular complexity index is 915. The van der Waals surface area contributed by atoms with Crippen molar-refractivity contribution >= 4 is 28.6 Å². The fourth-order valence-corrected chi connectivity index (χ4v) is 2.59. The number of esters is 1. The number of methoxy groups -OCH3 is 1. The summed E-state index contributed by atoms with van der Waals surface area (Å²) in [6, 6.07) is 11.1. The molecule has 6 heteroatoms. The zero-order valence-electron chi connectivity index (χ0n) is 13.4. The lowest BCUT2D eigenvalue weighted by Gasteiger charge is -2.07. The quantitative estimate of drug-likeness (QED) is 0.749. The topological polar surface area (TPSA) is 73.2 Å². The second-order valence-corrected chi connectivity index (χ2v) is 5.45. The predicted molar refractivity (Wildman–Crippen MR) is 90.9 cm³/mol. The first-order chi connectivity index (χ1) is 11.6. The lowest BCUT2D eigenvalue weighted by atomic mass is 10.2. The van der Waals surface area contributed by atoms with E-state index in [-0.39, 0.29) is 12.5 Å². The second kappa shape index (κ2) is 6.54. The van der Waals surface area contributed by atoms with Crippen LogP contribution in [0.4, 0.5) is 5.82 Å². The minimum Gasteiger partial charge on any atom is -0.465 e. The van der Waals surface area contributed by atoms with Crippen molar-refractivity contribution in [3.63, 3.8) is 0 Å². The van der Waals surface area contributed by atoms with E-state index in [4.69, 9.17) is 4.74 Å². The van der Waals surface area contributed by atoms with Crippen molar-refractivity contribution in [1.82, 2.24) is 9.55 Å². The molecule has 0 aliphatic rings. The average molecular weight is 323 g/mol. The first-order valence-corrected chi connectivity index (χ1v) is 7.47. The van der Waals surface area contributed by atoms with E-state index in [1.165, 1.54) is 7.11 Å². The molecule has 0 aliphatic carbocycles. The van der Waals surface area contributed by atoms with Crippen LogP contribution in [0.1, 0.15) is 15.9 Å². The van der Waals surface area contributed by atoms with E-state index < -0.39 is 5.97 Å². The van der Waals surface area contributed by atoms with Crippen LogP contribution in [0.2, 0.25) is 0 Å². The van der Waals surface area contributed by atoms with E-state index in [2.05, 4.69) is 10.3 Å². The van der Waals surface area contributed by atoms with Gasteiger partial charge in [-0.05, 0) is 30.7 Å². The van der Waals surface area contributed by atoms with Gasteiger partial charge < -0.3 is 14.6 Å². The summed E-state index contributed by atoms with van der Waals surface area (Å²) in [6.45, 7) is 2.01. The van der Waals surface area contributed by atoms with E-state index in [0.717, 1.165) is 16.5 Å². The third kappa shape index (κ3) is 3.12. The molecule has 122 valence electrons. The molecule has 2 heterocycles. The van der Waals surface area contributed by atoms with Crippen LogP contribution in [0.5, 0.6) is 0 Å². The molecule has 0 fully saturated rings. The summed E-state index contributed by atoms with van der Waals surface area (Å²) < 4.78 is 6.54. The Morgan fingerprint density at radius 1 is 1.25 bits per heavy atom. The molecule has 1 N–H and O–H groups in total. The summed E-state index contributed by atoms with van der Waals surface area (Å²) in [5.74, 6) is -0.138. The van der Waals surface area contributed by atoms with Crippen LogP contribution >= 0.6 is 0 Å². The molecule has 1 aromatic carbocycles. The van der Waals surface area contributed by atoms with Gasteiger partial charge in [0, 0.05) is 23.3 Å². The molecule has 6 nitrogen and oxygen atoms in total.